The first kappa shape index (κ1) is 17.1. The number of halogens is 1. The molecule has 0 unspecified atom stereocenters. The molecule has 1 fully saturated rings. The van der Waals surface area contributed by atoms with E-state index in [4.69, 9.17) is 21.4 Å². The summed E-state index contributed by atoms with van der Waals surface area (Å²) in [7, 11) is 1.63. The number of aromatic nitrogens is 4. The second-order valence-corrected chi connectivity index (χ2v) is 6.99. The minimum Gasteiger partial charge on any atom is -0.496 e. The molecule has 4 rings (SSSR count). The van der Waals surface area contributed by atoms with Crippen molar-refractivity contribution in [3.05, 3.63) is 47.9 Å². The highest BCUT2D eigenvalue weighted by Gasteiger charge is 2.27. The van der Waals surface area contributed by atoms with E-state index in [2.05, 4.69) is 5.10 Å². The fraction of sp³-hybridized carbons (Fsp3) is 0.368. The highest BCUT2D eigenvalue weighted by atomic mass is 35.5. The van der Waals surface area contributed by atoms with E-state index in [1.165, 1.54) is 0 Å². The number of ether oxygens (including phenoxy) is 1. The normalized spacial score (nSPS) is 20.3. The monoisotopic (exact) mass is 372 g/mol. The Hall–Kier alpha value is -2.31. The molecule has 0 radical (unpaired) electrons. The first-order valence-corrected chi connectivity index (χ1v) is 9.16. The summed E-state index contributed by atoms with van der Waals surface area (Å²) in [5.41, 5.74) is 2.36. The van der Waals surface area contributed by atoms with E-state index in [9.17, 15) is 5.11 Å². The quantitative estimate of drug-likeness (QED) is 0.754. The summed E-state index contributed by atoms with van der Waals surface area (Å²) in [6.45, 7) is 0. The number of benzene rings is 1. The van der Waals surface area contributed by atoms with Gasteiger partial charge in [-0.15, -0.1) is 0 Å². The van der Waals surface area contributed by atoms with Crippen LogP contribution in [0.3, 0.4) is 0 Å². The maximum Gasteiger partial charge on any atom is 0.128 e. The number of nitrogens with zero attached hydrogens (tertiary/aromatic N) is 4. The fourth-order valence-electron chi connectivity index (χ4n) is 3.59. The Balaban J connectivity index is 1.87. The summed E-state index contributed by atoms with van der Waals surface area (Å²) in [6.07, 6.45) is 9.02. The molecule has 0 spiro atoms. The summed E-state index contributed by atoms with van der Waals surface area (Å²) in [5.74, 6) is 0.692. The van der Waals surface area contributed by atoms with Gasteiger partial charge in [0, 0.05) is 23.0 Å². The summed E-state index contributed by atoms with van der Waals surface area (Å²) >= 11 is 6.23. The van der Waals surface area contributed by atoms with Crippen LogP contribution >= 0.6 is 11.6 Å². The molecule has 0 bridgehead atoms. The van der Waals surface area contributed by atoms with E-state index in [0.717, 1.165) is 42.6 Å². The van der Waals surface area contributed by atoms with Crippen molar-refractivity contribution < 1.29 is 9.84 Å². The van der Waals surface area contributed by atoms with Gasteiger partial charge in [0.1, 0.15) is 17.1 Å². The molecule has 1 aliphatic rings. The number of hydrogen-bond acceptors (Lipinski definition) is 4. The average molecular weight is 373 g/mol. The van der Waals surface area contributed by atoms with E-state index in [-0.39, 0.29) is 12.1 Å². The van der Waals surface area contributed by atoms with E-state index in [1.807, 2.05) is 35.3 Å². The van der Waals surface area contributed by atoms with Gasteiger partial charge in [-0.25, -0.2) is 4.68 Å². The molecule has 1 saturated carbocycles. The molecule has 2 heterocycles. The minimum atomic E-state index is -0.386. The number of methoxy groups -OCH3 is 1. The number of rotatable bonds is 4. The number of aliphatic hydroxyl groups excluding tert-OH is 1. The van der Waals surface area contributed by atoms with Gasteiger partial charge in [-0.05, 0) is 37.1 Å². The van der Waals surface area contributed by atoms with Crippen LogP contribution < -0.4 is 4.74 Å². The Morgan fingerprint density at radius 1 is 1.27 bits per heavy atom. The van der Waals surface area contributed by atoms with Gasteiger partial charge < -0.3 is 9.84 Å². The van der Waals surface area contributed by atoms with E-state index in [0.29, 0.717) is 10.8 Å². The van der Waals surface area contributed by atoms with Gasteiger partial charge in [-0.3, -0.25) is 4.68 Å². The zero-order chi connectivity index (χ0) is 18.1. The lowest BCUT2D eigenvalue weighted by atomic mass is 9.93. The second kappa shape index (κ2) is 7.13. The van der Waals surface area contributed by atoms with Gasteiger partial charge in [0.05, 0.1) is 25.5 Å². The molecule has 7 heteroatoms. The lowest BCUT2D eigenvalue weighted by Crippen LogP contribution is -2.27. The Kier molecular flexibility index (Phi) is 4.70. The van der Waals surface area contributed by atoms with Crippen molar-refractivity contribution in [3.63, 3.8) is 0 Å². The minimum absolute atomic E-state index is 0.0306. The lowest BCUT2D eigenvalue weighted by molar-refractivity contribution is 0.0695. The lowest BCUT2D eigenvalue weighted by Gasteiger charge is -2.27. The topological polar surface area (TPSA) is 65.1 Å². The molecule has 1 N–H and O–H groups in total. The largest absolute Gasteiger partial charge is 0.496 e. The molecule has 3 aromatic rings. The summed E-state index contributed by atoms with van der Waals surface area (Å²) in [4.78, 5) is 0. The third kappa shape index (κ3) is 3.10. The molecule has 0 saturated heterocycles. The molecule has 0 aliphatic heterocycles. The summed E-state index contributed by atoms with van der Waals surface area (Å²) in [5, 5.41) is 20.2. The van der Waals surface area contributed by atoms with Crippen molar-refractivity contribution in [1.29, 1.82) is 0 Å². The highest BCUT2D eigenvalue weighted by molar-refractivity contribution is 6.31. The van der Waals surface area contributed by atoms with Crippen LogP contribution in [0.15, 0.2) is 42.9 Å². The summed E-state index contributed by atoms with van der Waals surface area (Å²) in [6, 6.07) is 7.30. The van der Waals surface area contributed by atoms with Crippen LogP contribution in [0.2, 0.25) is 5.02 Å². The predicted molar refractivity (Wildman–Crippen MR) is 99.9 cm³/mol. The third-order valence-corrected chi connectivity index (χ3v) is 5.15. The number of aliphatic hydroxyl groups is 1. The maximum absolute atomic E-state index is 10.4. The van der Waals surface area contributed by atoms with Crippen molar-refractivity contribution >= 4 is 11.6 Å². The van der Waals surface area contributed by atoms with Crippen LogP contribution in [0.25, 0.3) is 16.9 Å². The van der Waals surface area contributed by atoms with Crippen LogP contribution in [0.5, 0.6) is 5.75 Å². The van der Waals surface area contributed by atoms with E-state index < -0.39 is 0 Å². The van der Waals surface area contributed by atoms with E-state index in [1.54, 1.807) is 24.1 Å². The van der Waals surface area contributed by atoms with Crippen molar-refractivity contribution in [3.8, 4) is 22.7 Å². The summed E-state index contributed by atoms with van der Waals surface area (Å²) < 4.78 is 9.16. The van der Waals surface area contributed by atoms with Crippen LogP contribution in [-0.2, 0) is 0 Å². The van der Waals surface area contributed by atoms with Gasteiger partial charge in [-0.2, -0.15) is 10.2 Å². The Labute approximate surface area is 157 Å². The first-order valence-electron chi connectivity index (χ1n) is 8.78. The van der Waals surface area contributed by atoms with Gasteiger partial charge in [0.25, 0.3) is 0 Å². The van der Waals surface area contributed by atoms with Crippen molar-refractivity contribution in [1.82, 2.24) is 19.6 Å². The first-order chi connectivity index (χ1) is 12.7. The standard InChI is InChI=1S/C19H21ClN4O2/c1-26-18-8-7-13(20)11-14(18)19-16(23-10-4-9-21-23)12-24(22-19)15-5-2-3-6-17(15)25/h4,7-12,15,17,25H,2-3,5-6H2,1H3/t15-,17-/m0/s1. The van der Waals surface area contributed by atoms with E-state index >= 15 is 0 Å². The van der Waals surface area contributed by atoms with Crippen LogP contribution in [0.4, 0.5) is 0 Å². The Bertz CT molecular complexity index is 891. The van der Waals surface area contributed by atoms with Crippen LogP contribution in [0.1, 0.15) is 31.7 Å². The molecule has 2 aromatic heterocycles. The molecule has 2 atom stereocenters. The number of hydrogen-bond donors (Lipinski definition) is 1. The zero-order valence-electron chi connectivity index (χ0n) is 14.5. The third-order valence-electron chi connectivity index (χ3n) is 4.91. The van der Waals surface area contributed by atoms with Crippen molar-refractivity contribution in [2.24, 2.45) is 0 Å². The van der Waals surface area contributed by atoms with Gasteiger partial charge in [0.2, 0.25) is 0 Å². The molecule has 0 amide bonds. The molecular formula is C19H21ClN4O2. The maximum atomic E-state index is 10.4. The predicted octanol–water partition coefficient (Wildman–Crippen LogP) is 3.87. The van der Waals surface area contributed by atoms with Crippen LogP contribution in [0, 0.1) is 0 Å². The smallest absolute Gasteiger partial charge is 0.128 e. The Morgan fingerprint density at radius 2 is 2.12 bits per heavy atom. The SMILES string of the molecule is COc1ccc(Cl)cc1-c1nn([C@H]2CCCC[C@@H]2O)cc1-n1cccn1. The highest BCUT2D eigenvalue weighted by Crippen LogP contribution is 2.37. The van der Waals surface area contributed by atoms with Crippen LogP contribution in [-0.4, -0.2) is 37.9 Å². The van der Waals surface area contributed by atoms with Gasteiger partial charge in [-0.1, -0.05) is 24.4 Å². The van der Waals surface area contributed by atoms with Crippen molar-refractivity contribution in [2.75, 3.05) is 7.11 Å². The molecule has 136 valence electrons. The van der Waals surface area contributed by atoms with Crippen molar-refractivity contribution in [2.45, 2.75) is 37.8 Å². The average Bonchev–Trinajstić information content (AvgIpc) is 3.31. The molecule has 26 heavy (non-hydrogen) atoms. The molecule has 1 aromatic carbocycles. The molecule has 6 nitrogen and oxygen atoms in total. The Morgan fingerprint density at radius 3 is 2.85 bits per heavy atom. The second-order valence-electron chi connectivity index (χ2n) is 6.56. The van der Waals surface area contributed by atoms with Gasteiger partial charge >= 0.3 is 0 Å². The van der Waals surface area contributed by atoms with Gasteiger partial charge in [0.15, 0.2) is 0 Å². The zero-order valence-corrected chi connectivity index (χ0v) is 15.3. The molecule has 1 aliphatic carbocycles. The fourth-order valence-corrected chi connectivity index (χ4v) is 3.76. The molecular weight excluding hydrogens is 352 g/mol.